The van der Waals surface area contributed by atoms with E-state index in [1.807, 2.05) is 19.9 Å². The van der Waals surface area contributed by atoms with Crippen molar-refractivity contribution in [2.75, 3.05) is 26.3 Å². The standard InChI is InChI=1S/2C22H30N3O10P.2C10H14N2O6/c2*1-13(2)33-19(28)14(3)24-36(31,35-15-8-6-5-7-9-15)32-12-16-18(27)22(4,30)20(34-16)25-11-10-17(26)23-21(25)29;2*1-10(17)7(15)5(4-13)18-8(10)12-3-2-6(14)11-9(12)16/h2*5-11,13-14,16,18,20,27,30H,12H2,1-4H3,(H,24,31)(H,23,26,29);2*2-3,5,7-8,13,15,17H,4H2,1H3,(H,11,14,16)/t2*14-,16?,18+,20?,22+,36?;2*5?,7-,8?,10-/m0011/s1/i10D,12D2;;2D,4D2;. The van der Waals surface area contributed by atoms with E-state index in [4.69, 9.17) is 59.8 Å². The first-order chi connectivity index (χ1) is 52.6. The van der Waals surface area contributed by atoms with Gasteiger partial charge in [-0.3, -0.25) is 76.0 Å². The number of ether oxygens (including phenoxy) is 6. The summed E-state index contributed by atoms with van der Waals surface area (Å²) in [7, 11) is -9.06. The van der Waals surface area contributed by atoms with Crippen LogP contribution in [0.1, 0.15) is 102 Å². The van der Waals surface area contributed by atoms with E-state index < -0.39 is 231 Å². The molecule has 4 aromatic heterocycles. The second kappa shape index (κ2) is 35.9. The summed E-state index contributed by atoms with van der Waals surface area (Å²) < 4.78 is 130. The van der Waals surface area contributed by atoms with E-state index >= 15 is 0 Å². The van der Waals surface area contributed by atoms with Crippen molar-refractivity contribution < 1.29 is 125 Å². The summed E-state index contributed by atoms with van der Waals surface area (Å²) in [5.41, 5.74) is -15.1. The lowest BCUT2D eigenvalue weighted by atomic mass is 9.96. The maximum absolute atomic E-state index is 13.8. The van der Waals surface area contributed by atoms with E-state index in [0.29, 0.717) is 9.13 Å². The number of para-hydroxylation sites is 2. The molecule has 8 heterocycles. The van der Waals surface area contributed by atoms with Crippen molar-refractivity contribution in [3.8, 4) is 11.5 Å². The number of aromatic amines is 4. The summed E-state index contributed by atoms with van der Waals surface area (Å²) in [6.45, 7) is 6.64. The maximum Gasteiger partial charge on any atom is 0.459 e. The highest BCUT2D eigenvalue weighted by Gasteiger charge is 2.57. The van der Waals surface area contributed by atoms with Crippen LogP contribution in [-0.4, -0.2) is 223 Å². The first kappa shape index (κ1) is 77.6. The monoisotopic (exact) mass is 1580 g/mol. The second-order valence-electron chi connectivity index (χ2n) is 25.8. The van der Waals surface area contributed by atoms with Crippen molar-refractivity contribution in [2.24, 2.45) is 0 Å². The zero-order chi connectivity index (χ0) is 85.7. The number of carbonyl (C=O) groups is 2. The van der Waals surface area contributed by atoms with E-state index in [2.05, 4.69) is 10.2 Å². The van der Waals surface area contributed by atoms with Crippen LogP contribution in [0.15, 0.2) is 148 Å². The molecule has 0 amide bonds. The van der Waals surface area contributed by atoms with E-state index in [0.717, 1.165) is 59.9 Å². The van der Waals surface area contributed by atoms with Gasteiger partial charge in [0.25, 0.3) is 22.2 Å². The molecule has 0 aliphatic carbocycles. The fourth-order valence-electron chi connectivity index (χ4n) is 10.5. The van der Waals surface area contributed by atoms with Crippen molar-refractivity contribution in [1.82, 2.24) is 48.4 Å². The Kier molecular flexibility index (Phi) is 25.8. The molecule has 2 aromatic carbocycles. The minimum absolute atomic E-state index is 0.0194. The largest absolute Gasteiger partial charge is 0.462 e. The first-order valence-corrected chi connectivity index (χ1v) is 35.6. The number of aliphatic hydroxyl groups is 10. The van der Waals surface area contributed by atoms with Crippen molar-refractivity contribution in [3.63, 3.8) is 0 Å². The Bertz CT molecular complexity index is 4960. The van der Waals surface area contributed by atoms with Crippen molar-refractivity contribution >= 4 is 27.4 Å². The van der Waals surface area contributed by atoms with Gasteiger partial charge in [0.15, 0.2) is 24.9 Å². The molecule has 10 rings (SSSR count). The number of H-pyrrole nitrogens is 4. The van der Waals surface area contributed by atoms with E-state index in [-0.39, 0.29) is 11.5 Å². The van der Waals surface area contributed by atoms with Gasteiger partial charge in [-0.15, -0.1) is 0 Å². The molecule has 16 N–H and O–H groups in total. The number of hydrogen-bond acceptors (Lipinski definition) is 32. The summed E-state index contributed by atoms with van der Waals surface area (Å²) in [5, 5.41) is 106. The van der Waals surface area contributed by atoms with Gasteiger partial charge in [-0.2, -0.15) is 10.2 Å². The topological polar surface area (TPSA) is 606 Å². The number of aromatic nitrogens is 8. The zero-order valence-electron chi connectivity index (χ0n) is 65.0. The average Bonchev–Trinajstić information content (AvgIpc) is 1.60. The molecule has 0 bridgehead atoms. The third-order valence-electron chi connectivity index (χ3n) is 16.2. The number of rotatable bonds is 24. The van der Waals surface area contributed by atoms with Crippen LogP contribution in [0.4, 0.5) is 0 Å². The smallest absolute Gasteiger partial charge is 0.459 e. The Hall–Kier alpha value is -8.56. The normalized spacial score (nSPS) is 30.6. The van der Waals surface area contributed by atoms with Crippen LogP contribution in [0.3, 0.4) is 0 Å². The van der Waals surface area contributed by atoms with Gasteiger partial charge in [0.2, 0.25) is 0 Å². The molecule has 4 aliphatic heterocycles. The Labute approximate surface area is 619 Å². The van der Waals surface area contributed by atoms with Crippen LogP contribution < -0.4 is 64.2 Å². The Morgan fingerprint density at radius 1 is 0.491 bits per heavy atom. The van der Waals surface area contributed by atoms with Crippen LogP contribution in [0.25, 0.3) is 0 Å². The molecule has 596 valence electrons. The lowest BCUT2D eigenvalue weighted by molar-refractivity contribution is -0.150. The van der Waals surface area contributed by atoms with Crippen LogP contribution >= 0.6 is 15.5 Å². The number of nitrogens with zero attached hydrogens (tertiary/aromatic N) is 4. The van der Waals surface area contributed by atoms with Gasteiger partial charge in [-0.05, 0) is 93.5 Å². The first-order valence-electron chi connectivity index (χ1n) is 35.5. The molecule has 20 atom stereocenters. The van der Waals surface area contributed by atoms with Gasteiger partial charge in [-0.25, -0.2) is 28.3 Å². The molecule has 4 aliphatic rings. The van der Waals surface area contributed by atoms with Gasteiger partial charge < -0.3 is 88.5 Å². The van der Waals surface area contributed by atoms with Crippen molar-refractivity contribution in [2.45, 2.75) is 190 Å². The number of hydrogen-bond donors (Lipinski definition) is 16. The second-order valence-corrected chi connectivity index (χ2v) is 29.1. The van der Waals surface area contributed by atoms with Gasteiger partial charge in [0, 0.05) is 49.0 Å². The SMILES string of the molecule is CC(C)OC(=O)[C@H](C)NP(=O)(OCC1OC(n2ccc(=O)[nH]c2=O)[C@](C)(O)[C@@H]1O)Oc1ccccc1.C[C@]1(O)C(n2ccc(=O)[nH]c2=O)OC(CO)[C@H]1O.[2H]c1cn(C2OC(C([2H])([2H])O)[C@@H](O)[C@@]2(C)O)c(=O)[nH]c1=O.[2H]c1cn(C2OC(C([2H])([2H])OP(=O)(N[C@@H](C)C(=O)OC(C)C)Oc3ccccc3)[C@@H](O)[C@@]2(C)O)c(=O)[nH]c1=O. The maximum atomic E-state index is 13.8. The van der Waals surface area contributed by atoms with Gasteiger partial charge >= 0.3 is 50.2 Å². The fraction of sp³-hybridized carbons (Fsp3) is 0.531. The van der Waals surface area contributed by atoms with Crippen LogP contribution in [0.5, 0.6) is 11.5 Å². The molecule has 108 heavy (non-hydrogen) atoms. The highest BCUT2D eigenvalue weighted by molar-refractivity contribution is 7.52. The summed E-state index contributed by atoms with van der Waals surface area (Å²) in [4.78, 5) is 125. The molecule has 44 heteroatoms. The summed E-state index contributed by atoms with van der Waals surface area (Å²) >= 11 is 0. The average molecular weight is 1580 g/mol. The van der Waals surface area contributed by atoms with E-state index in [1.165, 1.54) is 52.0 Å². The molecule has 10 unspecified atom stereocenters. The van der Waals surface area contributed by atoms with Crippen LogP contribution in [-0.2, 0) is 56.2 Å². The van der Waals surface area contributed by atoms with Crippen molar-refractivity contribution in [1.29, 1.82) is 0 Å². The molecule has 0 radical (unpaired) electrons. The number of esters is 2. The van der Waals surface area contributed by atoms with Crippen LogP contribution in [0.2, 0.25) is 0 Å². The number of aliphatic hydroxyl groups excluding tert-OH is 5. The van der Waals surface area contributed by atoms with Gasteiger partial charge in [0.05, 0.1) is 46.8 Å². The Morgan fingerprint density at radius 3 is 1.16 bits per heavy atom. The molecule has 4 fully saturated rings. The number of carbonyl (C=O) groups excluding carboxylic acids is 2. The summed E-state index contributed by atoms with van der Waals surface area (Å²) in [6.07, 6.45) is -16.1. The lowest BCUT2D eigenvalue weighted by Crippen LogP contribution is -2.47. The summed E-state index contributed by atoms with van der Waals surface area (Å²) in [6, 6.07) is 14.1. The quantitative estimate of drug-likeness (QED) is 0.0206. The van der Waals surface area contributed by atoms with E-state index in [1.54, 1.807) is 64.1 Å². The molecule has 6 aromatic rings. The molecule has 0 spiro atoms. The Morgan fingerprint density at radius 2 is 0.806 bits per heavy atom. The highest BCUT2D eigenvalue weighted by atomic mass is 31.2. The van der Waals surface area contributed by atoms with Gasteiger partial charge in [-0.1, -0.05) is 36.4 Å². The van der Waals surface area contributed by atoms with Crippen LogP contribution in [0, 0.1) is 0 Å². The minimum atomic E-state index is -4.80. The molecule has 0 saturated carbocycles. The highest BCUT2D eigenvalue weighted by Crippen LogP contribution is 2.49. The Balaban J connectivity index is 0.000000220. The van der Waals surface area contributed by atoms with Gasteiger partial charge in [0.1, 0.15) is 94.8 Å². The minimum Gasteiger partial charge on any atom is -0.462 e. The predicted octanol–water partition coefficient (Wildman–Crippen LogP) is -3.56. The van der Waals surface area contributed by atoms with Crippen molar-refractivity contribution in [3.05, 3.63) is 193 Å². The fourth-order valence-corrected chi connectivity index (χ4v) is 13.4. The van der Waals surface area contributed by atoms with E-state index in [9.17, 15) is 103 Å². The number of benzene rings is 2. The number of nitrogens with one attached hydrogen (secondary N) is 6. The molecular formula is C64H88N10O32P2. The predicted molar refractivity (Wildman–Crippen MR) is 371 cm³/mol. The third-order valence-corrected chi connectivity index (χ3v) is 19.3. The zero-order valence-corrected chi connectivity index (χ0v) is 60.8. The summed E-state index contributed by atoms with van der Waals surface area (Å²) in [5.74, 6) is -1.37. The lowest BCUT2D eigenvalue weighted by Gasteiger charge is -2.27. The molecular weight excluding hydrogens is 1480 g/mol. The molecule has 4 saturated heterocycles. The molecule has 42 nitrogen and oxygen atoms in total. The third kappa shape index (κ3) is 21.1.